The van der Waals surface area contributed by atoms with Crippen LogP contribution in [0.15, 0.2) is 54.6 Å². The van der Waals surface area contributed by atoms with Crippen molar-refractivity contribution in [3.8, 4) is 5.75 Å². The van der Waals surface area contributed by atoms with Crippen molar-refractivity contribution in [2.24, 2.45) is 11.8 Å². The van der Waals surface area contributed by atoms with E-state index in [9.17, 15) is 4.79 Å². The van der Waals surface area contributed by atoms with Gasteiger partial charge < -0.3 is 9.47 Å². The third-order valence-electron chi connectivity index (χ3n) is 4.40. The highest BCUT2D eigenvalue weighted by Gasteiger charge is 2.43. The van der Waals surface area contributed by atoms with Gasteiger partial charge in [-0.1, -0.05) is 42.5 Å². The Balaban J connectivity index is 1.43. The second kappa shape index (κ2) is 7.32. The predicted octanol–water partition coefficient (Wildman–Crippen LogP) is 4.01. The first-order chi connectivity index (χ1) is 11.3. The van der Waals surface area contributed by atoms with Gasteiger partial charge in [0.2, 0.25) is 0 Å². The molecule has 2 unspecified atom stereocenters. The molecule has 2 aromatic rings. The van der Waals surface area contributed by atoms with E-state index < -0.39 is 0 Å². The zero-order valence-corrected chi connectivity index (χ0v) is 13.4. The SMILES string of the molecule is COC(=O)C1CC1CCc1ccc(OCc2ccccc2)cc1. The molecule has 0 heterocycles. The van der Waals surface area contributed by atoms with Crippen LogP contribution in [0, 0.1) is 11.8 Å². The first-order valence-electron chi connectivity index (χ1n) is 8.10. The minimum atomic E-state index is -0.0559. The number of aryl methyl sites for hydroxylation is 1. The van der Waals surface area contributed by atoms with Gasteiger partial charge in [-0.3, -0.25) is 4.79 Å². The maximum Gasteiger partial charge on any atom is 0.308 e. The van der Waals surface area contributed by atoms with Crippen LogP contribution in [0.1, 0.15) is 24.0 Å². The fourth-order valence-electron chi connectivity index (χ4n) is 2.85. The highest BCUT2D eigenvalue weighted by molar-refractivity contribution is 5.75. The highest BCUT2D eigenvalue weighted by atomic mass is 16.5. The minimum Gasteiger partial charge on any atom is -0.489 e. The number of carbonyl (C=O) groups excluding carboxylic acids is 1. The van der Waals surface area contributed by atoms with Gasteiger partial charge in [-0.25, -0.2) is 0 Å². The maximum absolute atomic E-state index is 11.4. The second-order valence-electron chi connectivity index (χ2n) is 6.08. The van der Waals surface area contributed by atoms with Gasteiger partial charge in [-0.05, 0) is 48.4 Å². The summed E-state index contributed by atoms with van der Waals surface area (Å²) in [6.07, 6.45) is 3.02. The Bertz CT molecular complexity index is 634. The van der Waals surface area contributed by atoms with Crippen molar-refractivity contribution in [1.29, 1.82) is 0 Å². The fraction of sp³-hybridized carbons (Fsp3) is 0.350. The standard InChI is InChI=1S/C20H22O3/c1-22-20(21)19-13-17(19)10-7-15-8-11-18(12-9-15)23-14-16-5-3-2-4-6-16/h2-6,8-9,11-12,17,19H,7,10,13-14H2,1H3. The van der Waals surface area contributed by atoms with E-state index in [2.05, 4.69) is 24.3 Å². The van der Waals surface area contributed by atoms with Crippen LogP contribution < -0.4 is 4.74 Å². The van der Waals surface area contributed by atoms with E-state index in [1.807, 2.05) is 30.3 Å². The first kappa shape index (κ1) is 15.6. The third-order valence-corrected chi connectivity index (χ3v) is 4.40. The van der Waals surface area contributed by atoms with Gasteiger partial charge in [0.05, 0.1) is 13.0 Å². The molecule has 0 amide bonds. The number of hydrogen-bond acceptors (Lipinski definition) is 3. The Morgan fingerprint density at radius 2 is 1.78 bits per heavy atom. The van der Waals surface area contributed by atoms with Crippen LogP contribution in [-0.4, -0.2) is 13.1 Å². The lowest BCUT2D eigenvalue weighted by Crippen LogP contribution is -2.04. The molecule has 0 bridgehead atoms. The van der Waals surface area contributed by atoms with Gasteiger partial charge in [0, 0.05) is 0 Å². The van der Waals surface area contributed by atoms with Crippen molar-refractivity contribution in [3.05, 3.63) is 65.7 Å². The molecular formula is C20H22O3. The summed E-state index contributed by atoms with van der Waals surface area (Å²) in [5.41, 5.74) is 2.45. The Labute approximate surface area is 137 Å². The van der Waals surface area contributed by atoms with Crippen LogP contribution in [0.2, 0.25) is 0 Å². The molecule has 0 aromatic heterocycles. The van der Waals surface area contributed by atoms with Crippen molar-refractivity contribution in [3.63, 3.8) is 0 Å². The molecule has 2 aromatic carbocycles. The molecule has 3 nitrogen and oxygen atoms in total. The van der Waals surface area contributed by atoms with Crippen LogP contribution in [0.4, 0.5) is 0 Å². The zero-order chi connectivity index (χ0) is 16.1. The molecule has 3 rings (SSSR count). The Hall–Kier alpha value is -2.29. The van der Waals surface area contributed by atoms with E-state index >= 15 is 0 Å². The number of esters is 1. The molecule has 0 radical (unpaired) electrons. The molecule has 0 aliphatic heterocycles. The highest BCUT2D eigenvalue weighted by Crippen LogP contribution is 2.42. The lowest BCUT2D eigenvalue weighted by molar-refractivity contribution is -0.142. The average Bonchev–Trinajstić information content (AvgIpc) is 3.39. The summed E-state index contributed by atoms with van der Waals surface area (Å²) < 4.78 is 10.6. The molecule has 0 N–H and O–H groups in total. The van der Waals surface area contributed by atoms with Crippen molar-refractivity contribution < 1.29 is 14.3 Å². The van der Waals surface area contributed by atoms with Crippen LogP contribution in [0.3, 0.4) is 0 Å². The molecule has 23 heavy (non-hydrogen) atoms. The van der Waals surface area contributed by atoms with Crippen molar-refractivity contribution in [2.75, 3.05) is 7.11 Å². The van der Waals surface area contributed by atoms with E-state index in [4.69, 9.17) is 9.47 Å². The van der Waals surface area contributed by atoms with Gasteiger partial charge >= 0.3 is 5.97 Å². The number of hydrogen-bond donors (Lipinski definition) is 0. The lowest BCUT2D eigenvalue weighted by Gasteiger charge is -2.07. The van der Waals surface area contributed by atoms with Gasteiger partial charge in [-0.15, -0.1) is 0 Å². The molecule has 0 spiro atoms. The van der Waals surface area contributed by atoms with E-state index in [0.29, 0.717) is 12.5 Å². The smallest absolute Gasteiger partial charge is 0.308 e. The van der Waals surface area contributed by atoms with Gasteiger partial charge in [0.1, 0.15) is 12.4 Å². The lowest BCUT2D eigenvalue weighted by atomic mass is 10.1. The van der Waals surface area contributed by atoms with E-state index in [1.54, 1.807) is 0 Å². The maximum atomic E-state index is 11.4. The monoisotopic (exact) mass is 310 g/mol. The van der Waals surface area contributed by atoms with Crippen LogP contribution in [0.25, 0.3) is 0 Å². The second-order valence-corrected chi connectivity index (χ2v) is 6.08. The number of ether oxygens (including phenoxy) is 2. The summed E-state index contributed by atoms with van der Waals surface area (Å²) in [6, 6.07) is 18.4. The van der Waals surface area contributed by atoms with E-state index in [-0.39, 0.29) is 11.9 Å². The zero-order valence-electron chi connectivity index (χ0n) is 13.4. The van der Waals surface area contributed by atoms with Gasteiger partial charge in [0.25, 0.3) is 0 Å². The van der Waals surface area contributed by atoms with Crippen LogP contribution >= 0.6 is 0 Å². The van der Waals surface area contributed by atoms with Crippen molar-refractivity contribution >= 4 is 5.97 Å². The summed E-state index contributed by atoms with van der Waals surface area (Å²) in [4.78, 5) is 11.4. The summed E-state index contributed by atoms with van der Waals surface area (Å²) in [5.74, 6) is 1.46. The fourth-order valence-corrected chi connectivity index (χ4v) is 2.85. The van der Waals surface area contributed by atoms with Crippen LogP contribution in [0.5, 0.6) is 5.75 Å². The van der Waals surface area contributed by atoms with Crippen molar-refractivity contribution in [1.82, 2.24) is 0 Å². The molecule has 3 heteroatoms. The normalized spacial score (nSPS) is 19.2. The predicted molar refractivity (Wildman–Crippen MR) is 89.2 cm³/mol. The van der Waals surface area contributed by atoms with Crippen LogP contribution in [-0.2, 0) is 22.6 Å². The first-order valence-corrected chi connectivity index (χ1v) is 8.10. The topological polar surface area (TPSA) is 35.5 Å². The number of benzene rings is 2. The number of rotatable bonds is 7. The molecule has 0 saturated heterocycles. The molecule has 1 aliphatic carbocycles. The third kappa shape index (κ3) is 4.35. The minimum absolute atomic E-state index is 0.0559. The summed E-state index contributed by atoms with van der Waals surface area (Å²) in [6.45, 7) is 0.586. The molecule has 1 saturated carbocycles. The quantitative estimate of drug-likeness (QED) is 0.725. The number of carbonyl (C=O) groups is 1. The molecule has 2 atom stereocenters. The van der Waals surface area contributed by atoms with Crippen molar-refractivity contribution in [2.45, 2.75) is 25.9 Å². The molecular weight excluding hydrogens is 288 g/mol. The molecule has 120 valence electrons. The summed E-state index contributed by atoms with van der Waals surface area (Å²) in [5, 5.41) is 0. The summed E-state index contributed by atoms with van der Waals surface area (Å²) in [7, 11) is 1.46. The Morgan fingerprint density at radius 1 is 1.04 bits per heavy atom. The summed E-state index contributed by atoms with van der Waals surface area (Å²) >= 11 is 0. The Morgan fingerprint density at radius 3 is 2.48 bits per heavy atom. The molecule has 1 fully saturated rings. The molecule has 1 aliphatic rings. The Kier molecular flexibility index (Phi) is 4.96. The largest absolute Gasteiger partial charge is 0.489 e. The van der Waals surface area contributed by atoms with Gasteiger partial charge in [-0.2, -0.15) is 0 Å². The number of methoxy groups -OCH3 is 1. The average molecular weight is 310 g/mol. The van der Waals surface area contributed by atoms with E-state index in [1.165, 1.54) is 18.2 Å². The van der Waals surface area contributed by atoms with Gasteiger partial charge in [0.15, 0.2) is 0 Å². The van der Waals surface area contributed by atoms with E-state index in [0.717, 1.165) is 25.0 Å².